The van der Waals surface area contributed by atoms with E-state index < -0.39 is 0 Å². The van der Waals surface area contributed by atoms with E-state index in [1.54, 1.807) is 0 Å². The van der Waals surface area contributed by atoms with Gasteiger partial charge in [-0.05, 0) is 5.56 Å². The molecule has 15 heavy (non-hydrogen) atoms. The SMILES string of the molecule is ClCC1CN(Cc2ccccc2)CC1Cl. The van der Waals surface area contributed by atoms with E-state index in [4.69, 9.17) is 23.2 Å². The van der Waals surface area contributed by atoms with E-state index in [9.17, 15) is 0 Å². The molecule has 0 saturated carbocycles. The summed E-state index contributed by atoms with van der Waals surface area (Å²) in [6.07, 6.45) is 0. The summed E-state index contributed by atoms with van der Waals surface area (Å²) >= 11 is 12.1. The van der Waals surface area contributed by atoms with Gasteiger partial charge in [0.1, 0.15) is 0 Å². The van der Waals surface area contributed by atoms with Gasteiger partial charge in [0.15, 0.2) is 0 Å². The van der Waals surface area contributed by atoms with Crippen LogP contribution in [0.3, 0.4) is 0 Å². The summed E-state index contributed by atoms with van der Waals surface area (Å²) in [6.45, 7) is 2.96. The minimum Gasteiger partial charge on any atom is -0.297 e. The molecule has 1 aliphatic heterocycles. The van der Waals surface area contributed by atoms with Gasteiger partial charge in [0.05, 0.1) is 5.38 Å². The molecular formula is C12H15Cl2N. The molecule has 2 atom stereocenters. The van der Waals surface area contributed by atoms with Gasteiger partial charge in [-0.2, -0.15) is 0 Å². The maximum Gasteiger partial charge on any atom is 0.0515 e. The van der Waals surface area contributed by atoms with Crippen molar-refractivity contribution in [3.8, 4) is 0 Å². The lowest BCUT2D eigenvalue weighted by Gasteiger charge is -2.14. The van der Waals surface area contributed by atoms with Crippen molar-refractivity contribution in [1.29, 1.82) is 0 Å². The average Bonchev–Trinajstić information content (AvgIpc) is 2.60. The first-order valence-electron chi connectivity index (χ1n) is 5.26. The van der Waals surface area contributed by atoms with Crippen molar-refractivity contribution in [3.63, 3.8) is 0 Å². The van der Waals surface area contributed by atoms with Gasteiger partial charge in [0, 0.05) is 31.4 Å². The molecule has 1 saturated heterocycles. The zero-order chi connectivity index (χ0) is 10.7. The lowest BCUT2D eigenvalue weighted by atomic mass is 10.1. The van der Waals surface area contributed by atoms with E-state index in [0.29, 0.717) is 11.8 Å². The predicted octanol–water partition coefficient (Wildman–Crippen LogP) is 2.96. The van der Waals surface area contributed by atoms with Crippen LogP contribution in [0.15, 0.2) is 30.3 Å². The summed E-state index contributed by atoms with van der Waals surface area (Å²) in [5.41, 5.74) is 1.34. The van der Waals surface area contributed by atoms with Crippen LogP contribution in [0.1, 0.15) is 5.56 Å². The lowest BCUT2D eigenvalue weighted by molar-refractivity contribution is 0.321. The number of alkyl halides is 2. The van der Waals surface area contributed by atoms with E-state index >= 15 is 0 Å². The monoisotopic (exact) mass is 243 g/mol. The third-order valence-electron chi connectivity index (χ3n) is 2.88. The Hall–Kier alpha value is -0.240. The molecule has 0 amide bonds. The van der Waals surface area contributed by atoms with Crippen molar-refractivity contribution < 1.29 is 0 Å². The molecule has 0 bridgehead atoms. The van der Waals surface area contributed by atoms with Gasteiger partial charge >= 0.3 is 0 Å². The third-order valence-corrected chi connectivity index (χ3v) is 3.77. The number of halogens is 2. The first-order chi connectivity index (χ1) is 7.29. The molecule has 3 heteroatoms. The van der Waals surface area contributed by atoms with Gasteiger partial charge in [-0.25, -0.2) is 0 Å². The molecule has 1 aromatic carbocycles. The predicted molar refractivity (Wildman–Crippen MR) is 65.6 cm³/mol. The summed E-state index contributed by atoms with van der Waals surface area (Å²) in [4.78, 5) is 2.38. The van der Waals surface area contributed by atoms with Gasteiger partial charge in [0.2, 0.25) is 0 Å². The molecule has 1 heterocycles. The van der Waals surface area contributed by atoms with Crippen LogP contribution in [0.25, 0.3) is 0 Å². The molecule has 1 fully saturated rings. The Balaban J connectivity index is 1.92. The molecular weight excluding hydrogens is 229 g/mol. The van der Waals surface area contributed by atoms with E-state index in [-0.39, 0.29) is 5.38 Å². The number of likely N-dealkylation sites (tertiary alicyclic amines) is 1. The Morgan fingerprint density at radius 2 is 1.93 bits per heavy atom. The maximum absolute atomic E-state index is 6.21. The second-order valence-electron chi connectivity index (χ2n) is 4.11. The van der Waals surface area contributed by atoms with E-state index in [1.807, 2.05) is 6.07 Å². The number of rotatable bonds is 3. The topological polar surface area (TPSA) is 3.24 Å². The second kappa shape index (κ2) is 5.20. The molecule has 1 nitrogen and oxygen atoms in total. The summed E-state index contributed by atoms with van der Waals surface area (Å²) in [5, 5.41) is 0.214. The molecule has 0 aliphatic carbocycles. The van der Waals surface area contributed by atoms with Crippen molar-refractivity contribution >= 4 is 23.2 Å². The summed E-state index contributed by atoms with van der Waals surface area (Å²) in [6, 6.07) is 10.5. The Bertz CT molecular complexity index is 302. The Morgan fingerprint density at radius 1 is 1.20 bits per heavy atom. The van der Waals surface area contributed by atoms with E-state index in [2.05, 4.69) is 29.2 Å². The van der Waals surface area contributed by atoms with Crippen LogP contribution in [0.5, 0.6) is 0 Å². The molecule has 0 radical (unpaired) electrons. The van der Waals surface area contributed by atoms with E-state index in [0.717, 1.165) is 19.6 Å². The largest absolute Gasteiger partial charge is 0.297 e. The number of benzene rings is 1. The van der Waals surface area contributed by atoms with Crippen LogP contribution in [0.4, 0.5) is 0 Å². The van der Waals surface area contributed by atoms with Crippen LogP contribution in [-0.2, 0) is 6.54 Å². The Labute approximate surface area is 101 Å². The van der Waals surface area contributed by atoms with Crippen LogP contribution < -0.4 is 0 Å². The summed E-state index contributed by atoms with van der Waals surface area (Å²) in [7, 11) is 0. The van der Waals surface area contributed by atoms with Crippen LogP contribution in [0, 0.1) is 5.92 Å². The molecule has 0 spiro atoms. The highest BCUT2D eigenvalue weighted by atomic mass is 35.5. The molecule has 1 aromatic rings. The van der Waals surface area contributed by atoms with Crippen molar-refractivity contribution in [2.45, 2.75) is 11.9 Å². The standard InChI is InChI=1S/C12H15Cl2N/c13-6-11-8-15(9-12(11)14)7-10-4-2-1-3-5-10/h1-5,11-12H,6-9H2. The minimum atomic E-state index is 0.214. The van der Waals surface area contributed by atoms with Crippen molar-refractivity contribution in [2.24, 2.45) is 5.92 Å². The van der Waals surface area contributed by atoms with Gasteiger partial charge in [-0.15, -0.1) is 23.2 Å². The third kappa shape index (κ3) is 2.87. The van der Waals surface area contributed by atoms with Gasteiger partial charge in [0.25, 0.3) is 0 Å². The molecule has 2 unspecified atom stereocenters. The summed E-state index contributed by atoms with van der Waals surface area (Å²) < 4.78 is 0. The fraction of sp³-hybridized carbons (Fsp3) is 0.500. The first-order valence-corrected chi connectivity index (χ1v) is 6.23. The molecule has 2 rings (SSSR count). The zero-order valence-corrected chi connectivity index (χ0v) is 10.1. The van der Waals surface area contributed by atoms with Crippen LogP contribution in [-0.4, -0.2) is 29.2 Å². The first kappa shape index (κ1) is 11.3. The normalized spacial score (nSPS) is 27.1. The maximum atomic E-state index is 6.21. The van der Waals surface area contributed by atoms with Crippen LogP contribution in [0.2, 0.25) is 0 Å². The van der Waals surface area contributed by atoms with Crippen molar-refractivity contribution in [2.75, 3.05) is 19.0 Å². The van der Waals surface area contributed by atoms with Gasteiger partial charge < -0.3 is 0 Å². The van der Waals surface area contributed by atoms with E-state index in [1.165, 1.54) is 5.56 Å². The number of hydrogen-bond donors (Lipinski definition) is 0. The molecule has 82 valence electrons. The van der Waals surface area contributed by atoms with Gasteiger partial charge in [-0.3, -0.25) is 4.90 Å². The van der Waals surface area contributed by atoms with Gasteiger partial charge in [-0.1, -0.05) is 30.3 Å². The fourth-order valence-corrected chi connectivity index (χ4v) is 2.80. The Kier molecular flexibility index (Phi) is 3.90. The van der Waals surface area contributed by atoms with Crippen molar-refractivity contribution in [3.05, 3.63) is 35.9 Å². The second-order valence-corrected chi connectivity index (χ2v) is 4.98. The Morgan fingerprint density at radius 3 is 2.53 bits per heavy atom. The molecule has 1 aliphatic rings. The highest BCUT2D eigenvalue weighted by molar-refractivity contribution is 6.23. The number of hydrogen-bond acceptors (Lipinski definition) is 1. The highest BCUT2D eigenvalue weighted by Gasteiger charge is 2.30. The van der Waals surface area contributed by atoms with Crippen molar-refractivity contribution in [1.82, 2.24) is 4.90 Å². The number of nitrogens with zero attached hydrogens (tertiary/aromatic N) is 1. The highest BCUT2D eigenvalue weighted by Crippen LogP contribution is 2.24. The summed E-state index contributed by atoms with van der Waals surface area (Å²) in [5.74, 6) is 1.11. The van der Waals surface area contributed by atoms with Crippen LogP contribution >= 0.6 is 23.2 Å². The molecule has 0 N–H and O–H groups in total. The molecule has 0 aromatic heterocycles. The average molecular weight is 244 g/mol. The fourth-order valence-electron chi connectivity index (χ4n) is 2.03. The minimum absolute atomic E-state index is 0.214. The quantitative estimate of drug-likeness (QED) is 0.739. The smallest absolute Gasteiger partial charge is 0.0515 e. The zero-order valence-electron chi connectivity index (χ0n) is 8.57. The lowest BCUT2D eigenvalue weighted by Crippen LogP contribution is -2.20.